The average molecular weight is 369 g/mol. The van der Waals surface area contributed by atoms with Crippen molar-refractivity contribution in [2.45, 2.75) is 0 Å². The molecule has 0 aliphatic heterocycles. The van der Waals surface area contributed by atoms with Crippen LogP contribution < -0.4 is 10.5 Å². The fraction of sp³-hybridized carbons (Fsp3) is 0.0714. The molecule has 0 atom stereocenters. The second-order valence-electron chi connectivity index (χ2n) is 3.80. The van der Waals surface area contributed by atoms with E-state index >= 15 is 0 Å². The third kappa shape index (κ3) is 3.37. The van der Waals surface area contributed by atoms with Gasteiger partial charge < -0.3 is 15.2 Å². The highest BCUT2D eigenvalue weighted by Gasteiger charge is 2.09. The lowest BCUT2D eigenvalue weighted by atomic mass is 10.2. The van der Waals surface area contributed by atoms with Crippen LogP contribution in [0.4, 0.5) is 5.69 Å². The zero-order valence-electron chi connectivity index (χ0n) is 10.2. The molecule has 0 bridgehead atoms. The molecule has 0 spiro atoms. The second-order valence-corrected chi connectivity index (χ2v) is 5.05. The van der Waals surface area contributed by atoms with E-state index in [2.05, 4.69) is 27.3 Å². The van der Waals surface area contributed by atoms with E-state index in [4.69, 9.17) is 10.5 Å². The van der Waals surface area contributed by atoms with Crippen molar-refractivity contribution in [1.82, 2.24) is 0 Å². The van der Waals surface area contributed by atoms with Gasteiger partial charge in [0.05, 0.1) is 18.4 Å². The monoisotopic (exact) mass is 369 g/mol. The first kappa shape index (κ1) is 13.7. The number of nitrogens with two attached hydrogens (primary N) is 1. The fourth-order valence-electron chi connectivity index (χ4n) is 1.54. The Labute approximate surface area is 124 Å². The predicted molar refractivity (Wildman–Crippen MR) is 81.4 cm³/mol. The van der Waals surface area contributed by atoms with E-state index in [9.17, 15) is 4.79 Å². The van der Waals surface area contributed by atoms with Crippen molar-refractivity contribution in [1.29, 1.82) is 0 Å². The SMILES string of the molecule is COC(=O)c1ccc(Oc2cccc(I)c2)c(N)c1. The molecule has 0 aromatic heterocycles. The third-order valence-electron chi connectivity index (χ3n) is 2.45. The maximum atomic E-state index is 11.4. The number of esters is 1. The standard InChI is InChI=1S/C14H12INO3/c1-18-14(17)9-5-6-13(12(16)7-9)19-11-4-2-3-10(15)8-11/h2-8H,16H2,1H3. The zero-order valence-corrected chi connectivity index (χ0v) is 12.4. The summed E-state index contributed by atoms with van der Waals surface area (Å²) in [6.45, 7) is 0. The van der Waals surface area contributed by atoms with E-state index in [0.29, 0.717) is 22.7 Å². The smallest absolute Gasteiger partial charge is 0.337 e. The van der Waals surface area contributed by atoms with Gasteiger partial charge in [-0.2, -0.15) is 0 Å². The molecule has 4 nitrogen and oxygen atoms in total. The molecule has 0 heterocycles. The molecule has 0 aliphatic rings. The van der Waals surface area contributed by atoms with E-state index in [1.165, 1.54) is 13.2 Å². The van der Waals surface area contributed by atoms with Crippen LogP contribution in [0.25, 0.3) is 0 Å². The number of hydrogen-bond acceptors (Lipinski definition) is 4. The van der Waals surface area contributed by atoms with Crippen LogP contribution in [0.2, 0.25) is 0 Å². The van der Waals surface area contributed by atoms with Gasteiger partial charge >= 0.3 is 5.97 Å². The van der Waals surface area contributed by atoms with Crippen LogP contribution in [-0.4, -0.2) is 13.1 Å². The first-order valence-corrected chi connectivity index (χ1v) is 6.59. The van der Waals surface area contributed by atoms with Gasteiger partial charge in [0.1, 0.15) is 11.5 Å². The van der Waals surface area contributed by atoms with Crippen LogP contribution in [0, 0.1) is 3.57 Å². The van der Waals surface area contributed by atoms with Gasteiger partial charge in [-0.05, 0) is 59.0 Å². The van der Waals surface area contributed by atoms with Crippen molar-refractivity contribution in [2.75, 3.05) is 12.8 Å². The summed E-state index contributed by atoms with van der Waals surface area (Å²) in [6.07, 6.45) is 0. The minimum Gasteiger partial charge on any atom is -0.465 e. The first-order chi connectivity index (χ1) is 9.10. The minimum absolute atomic E-state index is 0.391. The normalized spacial score (nSPS) is 10.0. The number of anilines is 1. The first-order valence-electron chi connectivity index (χ1n) is 5.51. The highest BCUT2D eigenvalue weighted by molar-refractivity contribution is 14.1. The molecule has 0 saturated carbocycles. The van der Waals surface area contributed by atoms with Crippen LogP contribution in [0.3, 0.4) is 0 Å². The number of halogens is 1. The summed E-state index contributed by atoms with van der Waals surface area (Å²) in [7, 11) is 1.33. The average Bonchev–Trinajstić information content (AvgIpc) is 2.40. The molecule has 5 heteroatoms. The van der Waals surface area contributed by atoms with Gasteiger partial charge in [0.2, 0.25) is 0 Å². The molecular formula is C14H12INO3. The number of rotatable bonds is 3. The Morgan fingerprint density at radius 1 is 1.21 bits per heavy atom. The van der Waals surface area contributed by atoms with Gasteiger partial charge in [0.25, 0.3) is 0 Å². The molecule has 0 radical (unpaired) electrons. The third-order valence-corrected chi connectivity index (χ3v) is 3.13. The molecule has 98 valence electrons. The molecule has 0 amide bonds. The predicted octanol–water partition coefficient (Wildman–Crippen LogP) is 3.45. The largest absolute Gasteiger partial charge is 0.465 e. The fourth-order valence-corrected chi connectivity index (χ4v) is 2.06. The lowest BCUT2D eigenvalue weighted by Crippen LogP contribution is -2.02. The molecule has 2 rings (SSSR count). The summed E-state index contributed by atoms with van der Waals surface area (Å²) >= 11 is 2.20. The molecule has 2 aromatic rings. The van der Waals surface area contributed by atoms with Gasteiger partial charge in [0.15, 0.2) is 0 Å². The summed E-state index contributed by atoms with van der Waals surface area (Å²) in [5.41, 5.74) is 6.65. The quantitative estimate of drug-likeness (QED) is 0.512. The number of hydrogen-bond donors (Lipinski definition) is 1. The van der Waals surface area contributed by atoms with E-state index < -0.39 is 5.97 Å². The number of benzene rings is 2. The summed E-state index contributed by atoms with van der Waals surface area (Å²) < 4.78 is 11.4. The molecule has 19 heavy (non-hydrogen) atoms. The molecule has 0 unspecified atom stereocenters. The number of ether oxygens (including phenoxy) is 2. The van der Waals surface area contributed by atoms with Gasteiger partial charge in [0, 0.05) is 3.57 Å². The lowest BCUT2D eigenvalue weighted by Gasteiger charge is -2.09. The molecule has 0 fully saturated rings. The van der Waals surface area contributed by atoms with Gasteiger partial charge in [-0.1, -0.05) is 6.07 Å². The van der Waals surface area contributed by atoms with Crippen LogP contribution in [0.15, 0.2) is 42.5 Å². The Morgan fingerprint density at radius 3 is 2.63 bits per heavy atom. The highest BCUT2D eigenvalue weighted by Crippen LogP contribution is 2.29. The van der Waals surface area contributed by atoms with E-state index in [-0.39, 0.29) is 0 Å². The number of carbonyl (C=O) groups excluding carboxylic acids is 1. The number of nitrogen functional groups attached to an aromatic ring is 1. The highest BCUT2D eigenvalue weighted by atomic mass is 127. The van der Waals surface area contributed by atoms with Crippen LogP contribution in [0.5, 0.6) is 11.5 Å². The van der Waals surface area contributed by atoms with Gasteiger partial charge in [-0.15, -0.1) is 0 Å². The molecule has 0 aliphatic carbocycles. The van der Waals surface area contributed by atoms with Crippen LogP contribution >= 0.6 is 22.6 Å². The molecule has 2 aromatic carbocycles. The Balaban J connectivity index is 2.24. The Kier molecular flexibility index (Phi) is 4.26. The van der Waals surface area contributed by atoms with Crippen molar-refractivity contribution in [3.05, 3.63) is 51.6 Å². The Bertz CT molecular complexity index is 613. The van der Waals surface area contributed by atoms with E-state index in [1.807, 2.05) is 24.3 Å². The van der Waals surface area contributed by atoms with Gasteiger partial charge in [-0.3, -0.25) is 0 Å². The lowest BCUT2D eigenvalue weighted by molar-refractivity contribution is 0.0601. The van der Waals surface area contributed by atoms with Crippen molar-refractivity contribution in [3.63, 3.8) is 0 Å². The van der Waals surface area contributed by atoms with Crippen molar-refractivity contribution in [3.8, 4) is 11.5 Å². The molecule has 2 N–H and O–H groups in total. The minimum atomic E-state index is -0.424. The maximum absolute atomic E-state index is 11.4. The van der Waals surface area contributed by atoms with Crippen molar-refractivity contribution >= 4 is 34.2 Å². The van der Waals surface area contributed by atoms with Crippen LogP contribution in [0.1, 0.15) is 10.4 Å². The summed E-state index contributed by atoms with van der Waals surface area (Å²) in [4.78, 5) is 11.4. The Morgan fingerprint density at radius 2 is 2.00 bits per heavy atom. The number of carbonyl (C=O) groups is 1. The Hall–Kier alpha value is -1.76. The summed E-state index contributed by atoms with van der Waals surface area (Å²) in [6, 6.07) is 12.4. The topological polar surface area (TPSA) is 61.5 Å². The summed E-state index contributed by atoms with van der Waals surface area (Å²) in [5, 5.41) is 0. The number of methoxy groups -OCH3 is 1. The summed E-state index contributed by atoms with van der Waals surface area (Å²) in [5.74, 6) is 0.784. The molecular weight excluding hydrogens is 357 g/mol. The van der Waals surface area contributed by atoms with E-state index in [0.717, 1.165) is 3.57 Å². The van der Waals surface area contributed by atoms with Crippen LogP contribution in [-0.2, 0) is 4.74 Å². The van der Waals surface area contributed by atoms with Gasteiger partial charge in [-0.25, -0.2) is 4.79 Å². The second kappa shape index (κ2) is 5.92. The van der Waals surface area contributed by atoms with E-state index in [1.54, 1.807) is 12.1 Å². The van der Waals surface area contributed by atoms with Crippen molar-refractivity contribution < 1.29 is 14.3 Å². The maximum Gasteiger partial charge on any atom is 0.337 e. The van der Waals surface area contributed by atoms with Crippen molar-refractivity contribution in [2.24, 2.45) is 0 Å². The molecule has 0 saturated heterocycles. The zero-order chi connectivity index (χ0) is 13.8.